The first-order valence-corrected chi connectivity index (χ1v) is 16.3. The van der Waals surface area contributed by atoms with Gasteiger partial charge < -0.3 is 9.47 Å². The van der Waals surface area contributed by atoms with Crippen LogP contribution >= 0.6 is 79.7 Å². The van der Waals surface area contributed by atoms with E-state index in [9.17, 15) is 14.0 Å². The molecule has 0 unspecified atom stereocenters. The number of hydrogen-bond acceptors (Lipinski definition) is 6. The fraction of sp³-hybridized carbons (Fsp3) is 0.167. The maximum atomic E-state index is 13.8. The van der Waals surface area contributed by atoms with Gasteiger partial charge in [-0.2, -0.15) is 0 Å². The first-order valence-electron chi connectivity index (χ1n) is 12.6. The number of aromatic nitrogens is 1. The molecule has 1 aromatic heterocycles. The Morgan fingerprint density at radius 2 is 1.79 bits per heavy atom. The molecule has 3 aromatic carbocycles. The van der Waals surface area contributed by atoms with Gasteiger partial charge in [0.15, 0.2) is 4.80 Å². The molecule has 0 saturated heterocycles. The fourth-order valence-corrected chi connectivity index (χ4v) is 7.98. The minimum atomic E-state index is -0.805. The number of fused-ring (bicyclic) bond motifs is 1. The Morgan fingerprint density at radius 1 is 1.10 bits per heavy atom. The van der Waals surface area contributed by atoms with Crippen LogP contribution in [0.2, 0.25) is 10.0 Å². The van der Waals surface area contributed by atoms with Gasteiger partial charge in [0.25, 0.3) is 5.56 Å². The van der Waals surface area contributed by atoms with Crippen LogP contribution in [-0.4, -0.2) is 17.1 Å². The predicted molar refractivity (Wildman–Crippen MR) is 179 cm³/mol. The van der Waals surface area contributed by atoms with Gasteiger partial charge in [-0.1, -0.05) is 52.7 Å². The third-order valence-corrected chi connectivity index (χ3v) is 9.71. The molecule has 5 rings (SSSR count). The number of nitrogens with zero attached hydrogens (tertiary/aromatic N) is 2. The van der Waals surface area contributed by atoms with Crippen molar-refractivity contribution >= 4 is 91.8 Å². The first-order chi connectivity index (χ1) is 20.1. The van der Waals surface area contributed by atoms with Crippen molar-refractivity contribution in [3.8, 4) is 5.75 Å². The molecule has 0 saturated carbocycles. The lowest BCUT2D eigenvalue weighted by Gasteiger charge is -2.24. The average Bonchev–Trinajstić information content (AvgIpc) is 3.24. The maximum absolute atomic E-state index is 13.8. The molecule has 1 aliphatic rings. The molecule has 4 aromatic rings. The topological polar surface area (TPSA) is 69.9 Å². The summed E-state index contributed by atoms with van der Waals surface area (Å²) >= 11 is 17.8. The number of ether oxygens (including phenoxy) is 2. The molecule has 216 valence electrons. The van der Waals surface area contributed by atoms with Crippen LogP contribution in [0.3, 0.4) is 0 Å². The molecule has 0 N–H and O–H groups in total. The molecule has 0 amide bonds. The molecule has 0 bridgehead atoms. The van der Waals surface area contributed by atoms with Crippen molar-refractivity contribution < 1.29 is 18.7 Å². The normalized spacial score (nSPS) is 14.9. The van der Waals surface area contributed by atoms with Crippen molar-refractivity contribution in [1.82, 2.24) is 4.57 Å². The maximum Gasteiger partial charge on any atom is 0.338 e. The Hall–Kier alpha value is -2.26. The number of carbonyl (C=O) groups is 1. The summed E-state index contributed by atoms with van der Waals surface area (Å²) in [7, 11) is 0. The van der Waals surface area contributed by atoms with Crippen LogP contribution in [0.15, 0.2) is 75.7 Å². The minimum absolute atomic E-state index is 0.167. The number of halogens is 5. The highest BCUT2D eigenvalue weighted by molar-refractivity contribution is 14.1. The zero-order chi connectivity index (χ0) is 30.1. The van der Waals surface area contributed by atoms with E-state index in [0.29, 0.717) is 43.0 Å². The monoisotopic (exact) mass is 848 g/mol. The van der Waals surface area contributed by atoms with Crippen molar-refractivity contribution in [2.24, 2.45) is 4.99 Å². The van der Waals surface area contributed by atoms with Crippen LogP contribution in [0, 0.1) is 13.0 Å². The smallest absolute Gasteiger partial charge is 0.338 e. The lowest BCUT2D eigenvalue weighted by Crippen LogP contribution is -2.39. The number of rotatable bonds is 7. The molecular formula is C30H21Cl2FI2N2O4S. The van der Waals surface area contributed by atoms with Gasteiger partial charge in [-0.05, 0) is 118 Å². The Kier molecular flexibility index (Phi) is 9.77. The number of thiazole rings is 1. The molecule has 6 nitrogen and oxygen atoms in total. The molecule has 1 aliphatic heterocycles. The summed E-state index contributed by atoms with van der Waals surface area (Å²) in [6, 6.07) is 14.2. The van der Waals surface area contributed by atoms with Crippen molar-refractivity contribution in [1.29, 1.82) is 0 Å². The largest absolute Gasteiger partial charge is 0.487 e. The molecule has 0 spiro atoms. The molecule has 42 heavy (non-hydrogen) atoms. The third kappa shape index (κ3) is 6.47. The summed E-state index contributed by atoms with van der Waals surface area (Å²) in [5.41, 5.74) is 2.64. The predicted octanol–water partition coefficient (Wildman–Crippen LogP) is 7.03. The summed E-state index contributed by atoms with van der Waals surface area (Å²) in [6.45, 7) is 3.90. The van der Waals surface area contributed by atoms with Gasteiger partial charge in [0.2, 0.25) is 0 Å². The molecular weight excluding hydrogens is 828 g/mol. The summed E-state index contributed by atoms with van der Waals surface area (Å²) in [4.78, 5) is 31.9. The molecule has 1 atom stereocenters. The van der Waals surface area contributed by atoms with Gasteiger partial charge in [0.05, 0.1) is 45.6 Å². The summed E-state index contributed by atoms with van der Waals surface area (Å²) in [6.07, 6.45) is 1.79. The van der Waals surface area contributed by atoms with Crippen LogP contribution < -0.4 is 19.6 Å². The Balaban J connectivity index is 1.54. The number of esters is 1. The molecule has 0 fully saturated rings. The van der Waals surface area contributed by atoms with Gasteiger partial charge in [0.1, 0.15) is 18.2 Å². The van der Waals surface area contributed by atoms with Gasteiger partial charge in [0, 0.05) is 0 Å². The van der Waals surface area contributed by atoms with Gasteiger partial charge in [-0.25, -0.2) is 14.2 Å². The van der Waals surface area contributed by atoms with Crippen LogP contribution in [0.25, 0.3) is 6.08 Å². The van der Waals surface area contributed by atoms with E-state index in [1.807, 2.05) is 18.2 Å². The average molecular weight is 849 g/mol. The number of carbonyl (C=O) groups excluding carboxylic acids is 1. The van der Waals surface area contributed by atoms with Crippen LogP contribution in [0.5, 0.6) is 5.75 Å². The molecule has 2 heterocycles. The number of allylic oxidation sites excluding steroid dienone is 1. The second kappa shape index (κ2) is 13.2. The van der Waals surface area contributed by atoms with Crippen molar-refractivity contribution in [3.05, 3.63) is 125 Å². The van der Waals surface area contributed by atoms with E-state index >= 15 is 0 Å². The van der Waals surface area contributed by atoms with E-state index in [1.54, 1.807) is 44.2 Å². The fourth-order valence-electron chi connectivity index (χ4n) is 4.49. The zero-order valence-corrected chi connectivity index (χ0v) is 28.7. The Bertz CT molecular complexity index is 1900. The Morgan fingerprint density at radius 3 is 2.43 bits per heavy atom. The highest BCUT2D eigenvalue weighted by atomic mass is 127. The van der Waals surface area contributed by atoms with Crippen molar-refractivity contribution in [2.75, 3.05) is 6.61 Å². The molecule has 12 heteroatoms. The van der Waals surface area contributed by atoms with E-state index in [1.165, 1.54) is 28.0 Å². The van der Waals surface area contributed by atoms with Crippen molar-refractivity contribution in [2.45, 2.75) is 26.5 Å². The molecule has 0 aliphatic carbocycles. The van der Waals surface area contributed by atoms with E-state index < -0.39 is 17.8 Å². The van der Waals surface area contributed by atoms with Gasteiger partial charge in [-0.15, -0.1) is 0 Å². The minimum Gasteiger partial charge on any atom is -0.487 e. The van der Waals surface area contributed by atoms with Gasteiger partial charge in [-0.3, -0.25) is 9.36 Å². The second-order valence-corrected chi connectivity index (χ2v) is 13.4. The van der Waals surface area contributed by atoms with E-state index in [2.05, 4.69) is 50.2 Å². The van der Waals surface area contributed by atoms with Crippen LogP contribution in [0.4, 0.5) is 4.39 Å². The van der Waals surface area contributed by atoms with E-state index in [0.717, 1.165) is 18.3 Å². The highest BCUT2D eigenvalue weighted by Crippen LogP contribution is 2.32. The number of hydrogen-bond donors (Lipinski definition) is 0. The molecule has 0 radical (unpaired) electrons. The number of benzene rings is 3. The van der Waals surface area contributed by atoms with Crippen LogP contribution in [-0.2, 0) is 16.1 Å². The first kappa shape index (κ1) is 31.2. The highest BCUT2D eigenvalue weighted by Gasteiger charge is 2.33. The standard InChI is InChI=1S/C30H21Cl2FI2N2O4S/c1-3-40-29(39)25-15(2)36-30-37(26(25)18-5-7-19(33)8-6-18)28(38)24(42-30)13-17-11-22(34)27(23(35)12-17)41-14-16-4-9-20(31)21(32)10-16/h4-13,26H,3,14H2,1-2H3/b24-13-/t26-/m1/s1. The summed E-state index contributed by atoms with van der Waals surface area (Å²) in [5, 5.41) is 0.945. The lowest BCUT2D eigenvalue weighted by molar-refractivity contribution is -0.139. The zero-order valence-electron chi connectivity index (χ0n) is 22.1. The third-order valence-electron chi connectivity index (χ3n) is 6.39. The second-order valence-electron chi connectivity index (χ2n) is 9.20. The van der Waals surface area contributed by atoms with Crippen LogP contribution in [0.1, 0.15) is 36.6 Å². The van der Waals surface area contributed by atoms with E-state index in [-0.39, 0.29) is 17.7 Å². The quantitative estimate of drug-likeness (QED) is 0.148. The SMILES string of the molecule is CCOC(=O)C1=C(C)N=c2s/c(=C\c3cc(I)c(OCc4ccc(Cl)c(Cl)c4)c(I)c3)c(=O)n2[C@@H]1c1ccc(F)cc1. The van der Waals surface area contributed by atoms with E-state index in [4.69, 9.17) is 32.7 Å². The summed E-state index contributed by atoms with van der Waals surface area (Å²) in [5.74, 6) is -0.270. The van der Waals surface area contributed by atoms with Gasteiger partial charge >= 0.3 is 5.97 Å². The van der Waals surface area contributed by atoms with Crippen molar-refractivity contribution in [3.63, 3.8) is 0 Å². The Labute approximate surface area is 281 Å². The summed E-state index contributed by atoms with van der Waals surface area (Å²) < 4.78 is 28.8. The lowest BCUT2D eigenvalue weighted by atomic mass is 9.96.